The maximum atomic E-state index is 12.9. The van der Waals surface area contributed by atoms with Gasteiger partial charge in [0.25, 0.3) is 5.91 Å². The summed E-state index contributed by atoms with van der Waals surface area (Å²) in [6, 6.07) is 8.24. The fraction of sp³-hybridized carbons (Fsp3) is 0.300. The van der Waals surface area contributed by atoms with Crippen molar-refractivity contribution in [3.05, 3.63) is 40.9 Å². The van der Waals surface area contributed by atoms with Gasteiger partial charge in [0, 0.05) is 23.9 Å². The number of hydrogen-bond donors (Lipinski definition) is 1. The Hall–Kier alpha value is -3.13. The highest BCUT2D eigenvalue weighted by molar-refractivity contribution is 6.32. The maximum absolute atomic E-state index is 12.9. The van der Waals surface area contributed by atoms with Gasteiger partial charge in [0.2, 0.25) is 12.7 Å². The zero-order chi connectivity index (χ0) is 20.4. The number of hydrogen-bond acceptors (Lipinski definition) is 6. The first-order chi connectivity index (χ1) is 14.0. The molecule has 0 spiro atoms. The Kier molecular flexibility index (Phi) is 5.35. The molecule has 29 heavy (non-hydrogen) atoms. The lowest BCUT2D eigenvalue weighted by atomic mass is 10.1. The number of benzene rings is 2. The second-order valence-corrected chi connectivity index (χ2v) is 6.82. The number of amides is 2. The average Bonchev–Trinajstić information content (AvgIpc) is 3.21. The quantitative estimate of drug-likeness (QED) is 0.803. The number of ether oxygens (including phenoxy) is 4. The lowest BCUT2D eigenvalue weighted by molar-refractivity contribution is -0.116. The van der Waals surface area contributed by atoms with Crippen molar-refractivity contribution < 1.29 is 28.5 Å². The summed E-state index contributed by atoms with van der Waals surface area (Å²) in [4.78, 5) is 26.8. The van der Waals surface area contributed by atoms with Crippen molar-refractivity contribution in [2.75, 3.05) is 38.4 Å². The predicted molar refractivity (Wildman–Crippen MR) is 105 cm³/mol. The van der Waals surface area contributed by atoms with Crippen LogP contribution in [0.15, 0.2) is 30.3 Å². The third kappa shape index (κ3) is 4.02. The minimum atomic E-state index is -0.330. The predicted octanol–water partition coefficient (Wildman–Crippen LogP) is 2.94. The number of halogens is 1. The zero-order valence-electron chi connectivity index (χ0n) is 15.7. The Bertz CT molecular complexity index is 964. The van der Waals surface area contributed by atoms with Crippen LogP contribution in [-0.4, -0.2) is 49.8 Å². The maximum Gasteiger partial charge on any atom is 0.254 e. The van der Waals surface area contributed by atoms with Gasteiger partial charge < -0.3 is 29.2 Å². The first-order valence-electron chi connectivity index (χ1n) is 9.13. The molecule has 4 rings (SSSR count). The molecule has 2 heterocycles. The molecular formula is C20H19ClN2O6. The van der Waals surface area contributed by atoms with Crippen LogP contribution in [0.5, 0.6) is 23.0 Å². The fourth-order valence-corrected chi connectivity index (χ4v) is 3.36. The van der Waals surface area contributed by atoms with E-state index in [9.17, 15) is 9.59 Å². The monoisotopic (exact) mass is 418 g/mol. The molecule has 0 aromatic heterocycles. The van der Waals surface area contributed by atoms with Crippen molar-refractivity contribution in [3.8, 4) is 23.0 Å². The molecule has 0 bridgehead atoms. The van der Waals surface area contributed by atoms with Gasteiger partial charge in [0.15, 0.2) is 23.0 Å². The third-order valence-corrected chi connectivity index (χ3v) is 4.78. The Morgan fingerprint density at radius 3 is 2.62 bits per heavy atom. The summed E-state index contributed by atoms with van der Waals surface area (Å²) >= 11 is 6.16. The number of carbonyl (C=O) groups excluding carboxylic acids is 2. The van der Waals surface area contributed by atoms with E-state index in [1.165, 1.54) is 11.0 Å². The molecule has 0 saturated heterocycles. The molecule has 0 radical (unpaired) electrons. The fourth-order valence-electron chi connectivity index (χ4n) is 3.10. The molecule has 2 aliphatic heterocycles. The molecule has 2 aromatic carbocycles. The molecule has 0 fully saturated rings. The molecule has 1 N–H and O–H groups in total. The molecule has 0 saturated carbocycles. The van der Waals surface area contributed by atoms with Crippen molar-refractivity contribution >= 4 is 29.1 Å². The number of nitrogens with one attached hydrogen (secondary N) is 1. The SMILES string of the molecule is CCN(CC(=O)Nc1ccc2c(c1)OCCO2)C(=O)c1cc(Cl)c2c(c1)OCO2. The highest BCUT2D eigenvalue weighted by atomic mass is 35.5. The molecule has 0 atom stereocenters. The topological polar surface area (TPSA) is 86.3 Å². The Labute approximate surface area is 172 Å². The van der Waals surface area contributed by atoms with E-state index in [0.29, 0.717) is 59.0 Å². The van der Waals surface area contributed by atoms with Gasteiger partial charge in [-0.15, -0.1) is 0 Å². The first kappa shape index (κ1) is 19.2. The van der Waals surface area contributed by atoms with E-state index in [1.54, 1.807) is 31.2 Å². The Morgan fingerprint density at radius 1 is 1.03 bits per heavy atom. The van der Waals surface area contributed by atoms with Crippen LogP contribution in [0.1, 0.15) is 17.3 Å². The van der Waals surface area contributed by atoms with E-state index in [2.05, 4.69) is 5.32 Å². The van der Waals surface area contributed by atoms with Crippen LogP contribution < -0.4 is 24.3 Å². The number of rotatable bonds is 5. The summed E-state index contributed by atoms with van der Waals surface area (Å²) in [5.41, 5.74) is 0.891. The van der Waals surface area contributed by atoms with Gasteiger partial charge in [0.05, 0.1) is 5.02 Å². The zero-order valence-corrected chi connectivity index (χ0v) is 16.5. The van der Waals surface area contributed by atoms with E-state index in [4.69, 9.17) is 30.5 Å². The summed E-state index contributed by atoms with van der Waals surface area (Å²) in [5.74, 6) is 1.39. The van der Waals surface area contributed by atoms with Crippen LogP contribution in [0.4, 0.5) is 5.69 Å². The standard InChI is InChI=1S/C20H19ClN2O6/c1-2-23(20(25)12-7-14(21)19-17(8-12)28-11-29-19)10-18(24)22-13-3-4-15-16(9-13)27-6-5-26-15/h3-4,7-9H,2,5-6,10-11H2,1H3,(H,22,24). The van der Waals surface area contributed by atoms with Gasteiger partial charge in [0.1, 0.15) is 19.8 Å². The van der Waals surface area contributed by atoms with E-state index < -0.39 is 0 Å². The van der Waals surface area contributed by atoms with Crippen molar-refractivity contribution in [1.29, 1.82) is 0 Å². The molecule has 2 aromatic rings. The molecule has 9 heteroatoms. The highest BCUT2D eigenvalue weighted by Gasteiger charge is 2.24. The minimum absolute atomic E-state index is 0.0577. The van der Waals surface area contributed by atoms with E-state index in [-0.39, 0.29) is 25.2 Å². The number of fused-ring (bicyclic) bond motifs is 2. The normalized spacial score (nSPS) is 13.7. The lowest BCUT2D eigenvalue weighted by Gasteiger charge is -2.21. The minimum Gasteiger partial charge on any atom is -0.486 e. The molecule has 8 nitrogen and oxygen atoms in total. The second kappa shape index (κ2) is 8.08. The van der Waals surface area contributed by atoms with Gasteiger partial charge in [-0.25, -0.2) is 0 Å². The smallest absolute Gasteiger partial charge is 0.254 e. The molecule has 152 valence electrons. The van der Waals surface area contributed by atoms with Crippen LogP contribution in [0.2, 0.25) is 5.02 Å². The van der Waals surface area contributed by atoms with Gasteiger partial charge >= 0.3 is 0 Å². The van der Waals surface area contributed by atoms with Crippen molar-refractivity contribution in [2.45, 2.75) is 6.92 Å². The van der Waals surface area contributed by atoms with Gasteiger partial charge in [-0.3, -0.25) is 9.59 Å². The molecule has 2 amide bonds. The molecule has 2 aliphatic rings. The molecule has 0 aliphatic carbocycles. The van der Waals surface area contributed by atoms with Crippen LogP contribution in [0.25, 0.3) is 0 Å². The van der Waals surface area contributed by atoms with E-state index in [0.717, 1.165) is 0 Å². The van der Waals surface area contributed by atoms with Gasteiger partial charge in [-0.2, -0.15) is 0 Å². The average molecular weight is 419 g/mol. The summed E-state index contributed by atoms with van der Waals surface area (Å²) in [7, 11) is 0. The summed E-state index contributed by atoms with van der Waals surface area (Å²) in [5, 5.41) is 3.07. The van der Waals surface area contributed by atoms with Gasteiger partial charge in [-0.1, -0.05) is 11.6 Å². The Morgan fingerprint density at radius 2 is 1.83 bits per heavy atom. The van der Waals surface area contributed by atoms with Crippen LogP contribution >= 0.6 is 11.6 Å². The van der Waals surface area contributed by atoms with Crippen LogP contribution in [0, 0.1) is 0 Å². The largest absolute Gasteiger partial charge is 0.486 e. The number of anilines is 1. The lowest BCUT2D eigenvalue weighted by Crippen LogP contribution is -2.37. The highest BCUT2D eigenvalue weighted by Crippen LogP contribution is 2.40. The summed E-state index contributed by atoms with van der Waals surface area (Å²) in [6.07, 6.45) is 0. The molecular weight excluding hydrogens is 400 g/mol. The van der Waals surface area contributed by atoms with E-state index in [1.807, 2.05) is 0 Å². The Balaban J connectivity index is 1.44. The van der Waals surface area contributed by atoms with Gasteiger partial charge in [-0.05, 0) is 31.2 Å². The van der Waals surface area contributed by atoms with Crippen molar-refractivity contribution in [1.82, 2.24) is 4.90 Å². The second-order valence-electron chi connectivity index (χ2n) is 6.42. The summed E-state index contributed by atoms with van der Waals surface area (Å²) < 4.78 is 21.6. The van der Waals surface area contributed by atoms with Crippen LogP contribution in [0.3, 0.4) is 0 Å². The van der Waals surface area contributed by atoms with E-state index >= 15 is 0 Å². The first-order valence-corrected chi connectivity index (χ1v) is 9.51. The molecule has 0 unspecified atom stereocenters. The third-order valence-electron chi connectivity index (χ3n) is 4.50. The van der Waals surface area contributed by atoms with Crippen molar-refractivity contribution in [2.24, 2.45) is 0 Å². The summed E-state index contributed by atoms with van der Waals surface area (Å²) in [6.45, 7) is 3.04. The number of carbonyl (C=O) groups is 2. The van der Waals surface area contributed by atoms with Crippen molar-refractivity contribution in [3.63, 3.8) is 0 Å². The van der Waals surface area contributed by atoms with Crippen LogP contribution in [-0.2, 0) is 4.79 Å². The number of nitrogens with zero attached hydrogens (tertiary/aromatic N) is 1. The number of likely N-dealkylation sites (N-methyl/N-ethyl adjacent to an activating group) is 1.